The summed E-state index contributed by atoms with van der Waals surface area (Å²) in [5, 5.41) is 0.853. The fourth-order valence-corrected chi connectivity index (χ4v) is 3.86. The Labute approximate surface area is 199 Å². The summed E-state index contributed by atoms with van der Waals surface area (Å²) in [6, 6.07) is 12.8. The van der Waals surface area contributed by atoms with E-state index in [1.807, 2.05) is 0 Å². The Balaban J connectivity index is 2.09. The molecule has 4 rings (SSSR count). The van der Waals surface area contributed by atoms with Crippen molar-refractivity contribution in [3.63, 3.8) is 0 Å². The van der Waals surface area contributed by atoms with Crippen LogP contribution in [0.5, 0.6) is 5.75 Å². The molecule has 0 unspecified atom stereocenters. The van der Waals surface area contributed by atoms with Crippen molar-refractivity contribution in [2.24, 2.45) is 0 Å². The van der Waals surface area contributed by atoms with Crippen LogP contribution in [0.3, 0.4) is 0 Å². The molecule has 2 aliphatic rings. The molecule has 33 heavy (non-hydrogen) atoms. The van der Waals surface area contributed by atoms with Crippen LogP contribution in [0.1, 0.15) is 10.4 Å². The molecule has 0 aromatic heterocycles. The summed E-state index contributed by atoms with van der Waals surface area (Å²) in [6.45, 7) is -0.165. The van der Waals surface area contributed by atoms with E-state index >= 15 is 0 Å². The number of halogens is 2. The Hall–Kier alpha value is -3.90. The summed E-state index contributed by atoms with van der Waals surface area (Å²) >= 11 is 12.6. The number of fused-ring (bicyclic) bond motifs is 2. The third-order valence-corrected chi connectivity index (χ3v) is 5.43. The van der Waals surface area contributed by atoms with E-state index in [-0.39, 0.29) is 34.6 Å². The Morgan fingerprint density at radius 1 is 0.970 bits per heavy atom. The van der Waals surface area contributed by atoms with Gasteiger partial charge in [0.1, 0.15) is 23.7 Å². The van der Waals surface area contributed by atoms with Crippen LogP contribution in [0.15, 0.2) is 57.7 Å². The predicted octanol–water partition coefficient (Wildman–Crippen LogP) is 5.67. The second-order valence-electron chi connectivity index (χ2n) is 6.85. The molecule has 0 saturated carbocycles. The maximum atomic E-state index is 12.7. The molecular formula is C26H14Cl2O5. The zero-order valence-electron chi connectivity index (χ0n) is 17.0. The number of esters is 1. The van der Waals surface area contributed by atoms with Crippen molar-refractivity contribution >= 4 is 40.1 Å². The minimum absolute atomic E-state index is 0.00533. The average molecular weight is 477 g/mol. The molecule has 0 spiro atoms. The number of benzene rings is 3. The highest BCUT2D eigenvalue weighted by Crippen LogP contribution is 2.44. The summed E-state index contributed by atoms with van der Waals surface area (Å²) in [5.41, 5.74) is 1.84. The quantitative estimate of drug-likeness (QED) is 0.211. The molecule has 0 atom stereocenters. The van der Waals surface area contributed by atoms with E-state index in [9.17, 15) is 9.59 Å². The first kappa shape index (κ1) is 22.3. The van der Waals surface area contributed by atoms with Gasteiger partial charge in [-0.05, 0) is 23.8 Å². The Bertz CT molecular complexity index is 1500. The number of terminal acetylenes is 2. The Kier molecular flexibility index (Phi) is 6.29. The fraction of sp³-hybridized carbons (Fsp3) is 0.0769. The summed E-state index contributed by atoms with van der Waals surface area (Å²) in [4.78, 5) is 25.0. The van der Waals surface area contributed by atoms with Crippen LogP contribution in [0.4, 0.5) is 0 Å². The minimum atomic E-state index is -0.600. The smallest absolute Gasteiger partial charge is 0.339 e. The summed E-state index contributed by atoms with van der Waals surface area (Å²) in [6.07, 6.45) is 10.5. The van der Waals surface area contributed by atoms with Crippen molar-refractivity contribution in [3.8, 4) is 52.9 Å². The van der Waals surface area contributed by atoms with Gasteiger partial charge >= 0.3 is 5.97 Å². The summed E-state index contributed by atoms with van der Waals surface area (Å²) in [5.74, 6) is 4.63. The number of carbonyl (C=O) groups excluding carboxylic acids is 1. The first-order chi connectivity index (χ1) is 15.9. The van der Waals surface area contributed by atoms with Crippen molar-refractivity contribution in [3.05, 3.63) is 74.4 Å². The average Bonchev–Trinajstić information content (AvgIpc) is 2.81. The van der Waals surface area contributed by atoms with E-state index in [1.54, 1.807) is 36.4 Å². The molecular weight excluding hydrogens is 463 g/mol. The van der Waals surface area contributed by atoms with Gasteiger partial charge in [-0.1, -0.05) is 53.2 Å². The molecule has 1 aliphatic carbocycles. The van der Waals surface area contributed by atoms with Gasteiger partial charge in [-0.15, -0.1) is 12.8 Å². The molecule has 7 heteroatoms. The lowest BCUT2D eigenvalue weighted by molar-refractivity contribution is 0.0557. The lowest BCUT2D eigenvalue weighted by Crippen LogP contribution is -2.08. The lowest BCUT2D eigenvalue weighted by atomic mass is 9.90. The zero-order chi connectivity index (χ0) is 23.5. The van der Waals surface area contributed by atoms with Gasteiger partial charge in [-0.3, -0.25) is 4.79 Å². The molecule has 0 N–H and O–H groups in total. The number of carbonyl (C=O) groups is 1. The monoisotopic (exact) mass is 476 g/mol. The SMILES string of the molecule is C#CCOC(=O)c1ccccc1-c1c2cc(Cl)c(=O)cc-2oc2cc(OCC#C)c(Cl)cc12. The summed E-state index contributed by atoms with van der Waals surface area (Å²) in [7, 11) is 0. The molecule has 162 valence electrons. The predicted molar refractivity (Wildman–Crippen MR) is 128 cm³/mol. The Morgan fingerprint density at radius 3 is 2.48 bits per heavy atom. The third-order valence-electron chi connectivity index (χ3n) is 4.84. The van der Waals surface area contributed by atoms with Gasteiger partial charge < -0.3 is 13.9 Å². The molecule has 0 radical (unpaired) electrons. The number of hydrogen-bond donors (Lipinski definition) is 0. The van der Waals surface area contributed by atoms with E-state index in [0.29, 0.717) is 33.4 Å². The third kappa shape index (κ3) is 4.25. The zero-order valence-corrected chi connectivity index (χ0v) is 18.5. The molecule has 2 aromatic rings. The van der Waals surface area contributed by atoms with Gasteiger partial charge in [0.25, 0.3) is 0 Å². The van der Waals surface area contributed by atoms with Crippen molar-refractivity contribution < 1.29 is 18.7 Å². The van der Waals surface area contributed by atoms with Crippen LogP contribution in [0, 0.1) is 24.7 Å². The van der Waals surface area contributed by atoms with Gasteiger partial charge in [0.05, 0.1) is 15.6 Å². The largest absolute Gasteiger partial charge is 0.479 e. The first-order valence-corrected chi connectivity index (χ1v) is 10.4. The van der Waals surface area contributed by atoms with E-state index in [1.165, 1.54) is 12.1 Å². The highest BCUT2D eigenvalue weighted by Gasteiger charge is 2.24. The van der Waals surface area contributed by atoms with Crippen LogP contribution in [0.2, 0.25) is 10.0 Å². The normalized spacial score (nSPS) is 10.5. The van der Waals surface area contributed by atoms with Crippen molar-refractivity contribution in [1.82, 2.24) is 0 Å². The molecule has 2 aromatic carbocycles. The topological polar surface area (TPSA) is 65.7 Å². The van der Waals surface area contributed by atoms with Crippen molar-refractivity contribution in [2.45, 2.75) is 0 Å². The van der Waals surface area contributed by atoms with Crippen LogP contribution >= 0.6 is 23.2 Å². The Morgan fingerprint density at radius 2 is 1.73 bits per heavy atom. The fourth-order valence-electron chi connectivity index (χ4n) is 3.48. The number of ether oxygens (including phenoxy) is 2. The number of rotatable bonds is 5. The van der Waals surface area contributed by atoms with Crippen LogP contribution in [-0.4, -0.2) is 19.2 Å². The second kappa shape index (κ2) is 9.30. The van der Waals surface area contributed by atoms with E-state index in [4.69, 9.17) is 49.9 Å². The van der Waals surface area contributed by atoms with Gasteiger partial charge in [-0.25, -0.2) is 4.79 Å². The second-order valence-corrected chi connectivity index (χ2v) is 7.67. The molecule has 0 saturated heterocycles. The highest BCUT2D eigenvalue weighted by atomic mass is 35.5. The molecule has 0 amide bonds. The van der Waals surface area contributed by atoms with E-state index < -0.39 is 11.4 Å². The molecule has 0 fully saturated rings. The molecule has 0 bridgehead atoms. The minimum Gasteiger partial charge on any atom is -0.479 e. The highest BCUT2D eigenvalue weighted by molar-refractivity contribution is 6.33. The van der Waals surface area contributed by atoms with Crippen LogP contribution < -0.4 is 10.2 Å². The van der Waals surface area contributed by atoms with Gasteiger partial charge in [0.2, 0.25) is 5.43 Å². The molecule has 1 heterocycles. The van der Waals surface area contributed by atoms with Crippen LogP contribution in [0.25, 0.3) is 33.4 Å². The van der Waals surface area contributed by atoms with Crippen molar-refractivity contribution in [1.29, 1.82) is 0 Å². The molecule has 5 nitrogen and oxygen atoms in total. The van der Waals surface area contributed by atoms with Crippen LogP contribution in [-0.2, 0) is 4.74 Å². The van der Waals surface area contributed by atoms with Gasteiger partial charge in [0.15, 0.2) is 6.61 Å². The van der Waals surface area contributed by atoms with E-state index in [2.05, 4.69) is 11.8 Å². The van der Waals surface area contributed by atoms with Crippen molar-refractivity contribution in [2.75, 3.05) is 13.2 Å². The standard InChI is InChI=1S/C26H14Cl2O5/c1-3-9-31-24-14-23-18(12-20(24)28)25(17-11-19(27)21(29)13-22(17)33-23)15-7-5-6-8-16(15)26(30)32-10-4-2/h1-2,5-8,11-14H,9-10H2. The van der Waals surface area contributed by atoms with E-state index in [0.717, 1.165) is 0 Å². The number of hydrogen-bond acceptors (Lipinski definition) is 5. The van der Waals surface area contributed by atoms with Gasteiger partial charge in [0, 0.05) is 28.6 Å². The summed E-state index contributed by atoms with van der Waals surface area (Å²) < 4.78 is 16.6. The first-order valence-electron chi connectivity index (χ1n) is 9.60. The molecule has 1 aliphatic heterocycles. The maximum absolute atomic E-state index is 12.7. The maximum Gasteiger partial charge on any atom is 0.339 e. The lowest BCUT2D eigenvalue weighted by Gasteiger charge is -2.18. The van der Waals surface area contributed by atoms with Gasteiger partial charge in [-0.2, -0.15) is 0 Å².